The average Bonchev–Trinajstić information content (AvgIpc) is 3.47. The highest BCUT2D eigenvalue weighted by Gasteiger charge is 2.54. The quantitative estimate of drug-likeness (QED) is 0.195. The number of aryl methyl sites for hydroxylation is 1. The van der Waals surface area contributed by atoms with Crippen molar-refractivity contribution in [1.29, 1.82) is 0 Å². The lowest BCUT2D eigenvalue weighted by molar-refractivity contribution is -0.140. The monoisotopic (exact) mass is 578 g/mol. The lowest BCUT2D eigenvalue weighted by Gasteiger charge is -2.30. The van der Waals surface area contributed by atoms with Crippen molar-refractivity contribution < 1.29 is 41.7 Å². The van der Waals surface area contributed by atoms with Crippen molar-refractivity contribution in [2.45, 2.75) is 44.3 Å². The number of aliphatic hydroxyl groups excluding tert-OH is 1. The minimum Gasteiger partial charge on any atom is -0.496 e. The van der Waals surface area contributed by atoms with Crippen LogP contribution in [-0.2, 0) is 22.1 Å². The van der Waals surface area contributed by atoms with Crippen LogP contribution in [0.3, 0.4) is 0 Å². The van der Waals surface area contributed by atoms with Crippen LogP contribution >= 0.6 is 0 Å². The average molecular weight is 579 g/mol. The normalized spacial score (nSPS) is 22.7. The maximum absolute atomic E-state index is 13.8. The Morgan fingerprint density at radius 1 is 1.10 bits per heavy atom. The van der Waals surface area contributed by atoms with Gasteiger partial charge in [-0.2, -0.15) is 13.2 Å². The summed E-state index contributed by atoms with van der Waals surface area (Å²) in [6.07, 6.45) is 0.220. The lowest BCUT2D eigenvalue weighted by atomic mass is 9.83. The van der Waals surface area contributed by atoms with E-state index in [0.29, 0.717) is 50.2 Å². The van der Waals surface area contributed by atoms with Gasteiger partial charge in [0.15, 0.2) is 0 Å². The molecular formula is C30H34F4N2O5. The first-order valence-electron chi connectivity index (χ1n) is 13.5. The fourth-order valence-corrected chi connectivity index (χ4v) is 6.07. The van der Waals surface area contributed by atoms with Crippen LogP contribution in [0.25, 0.3) is 0 Å². The van der Waals surface area contributed by atoms with Crippen LogP contribution in [0.15, 0.2) is 48.0 Å². The van der Waals surface area contributed by atoms with E-state index in [0.717, 1.165) is 23.6 Å². The number of hydrogen-bond acceptors (Lipinski definition) is 5. The maximum Gasteiger partial charge on any atom is 0.419 e. The predicted molar refractivity (Wildman–Crippen MR) is 144 cm³/mol. The van der Waals surface area contributed by atoms with Crippen LogP contribution in [0.4, 0.5) is 23.2 Å². The Morgan fingerprint density at radius 2 is 1.85 bits per heavy atom. The van der Waals surface area contributed by atoms with Crippen molar-refractivity contribution in [3.8, 4) is 5.75 Å². The Labute approximate surface area is 235 Å². The zero-order chi connectivity index (χ0) is 29.7. The number of carbonyl (C=O) groups is 2. The molecule has 2 fully saturated rings. The molecule has 2 saturated carbocycles. The number of amides is 2. The number of halogens is 4. The highest BCUT2D eigenvalue weighted by atomic mass is 19.4. The highest BCUT2D eigenvalue weighted by Crippen LogP contribution is 2.53. The van der Waals surface area contributed by atoms with E-state index in [4.69, 9.17) is 9.47 Å². The van der Waals surface area contributed by atoms with Gasteiger partial charge >= 0.3 is 6.18 Å². The van der Waals surface area contributed by atoms with Gasteiger partial charge in [0.1, 0.15) is 11.6 Å². The van der Waals surface area contributed by atoms with E-state index in [9.17, 15) is 32.3 Å². The Morgan fingerprint density at radius 3 is 2.54 bits per heavy atom. The van der Waals surface area contributed by atoms with Gasteiger partial charge in [-0.15, -0.1) is 0 Å². The fourth-order valence-electron chi connectivity index (χ4n) is 6.07. The number of ether oxygens (including phenoxy) is 2. The zero-order valence-corrected chi connectivity index (χ0v) is 22.9. The molecule has 0 radical (unpaired) electrons. The summed E-state index contributed by atoms with van der Waals surface area (Å²) in [4.78, 5) is 27.2. The number of alkyl halides is 3. The third kappa shape index (κ3) is 6.73. The first kappa shape index (κ1) is 30.5. The van der Waals surface area contributed by atoms with Crippen LogP contribution < -0.4 is 15.4 Å². The largest absolute Gasteiger partial charge is 0.496 e. The molecule has 2 aromatic carbocycles. The van der Waals surface area contributed by atoms with Crippen LogP contribution in [0.2, 0.25) is 0 Å². The zero-order valence-electron chi connectivity index (χ0n) is 22.9. The fraction of sp³-hybridized carbons (Fsp3) is 0.467. The predicted octanol–water partition coefficient (Wildman–Crippen LogP) is 5.13. The summed E-state index contributed by atoms with van der Waals surface area (Å²) in [5.41, 5.74) is 0.486. The van der Waals surface area contributed by atoms with Crippen molar-refractivity contribution in [2.24, 2.45) is 17.8 Å². The van der Waals surface area contributed by atoms with Crippen molar-refractivity contribution in [3.63, 3.8) is 0 Å². The Kier molecular flexibility index (Phi) is 9.70. The van der Waals surface area contributed by atoms with Gasteiger partial charge in [0.05, 0.1) is 24.2 Å². The van der Waals surface area contributed by atoms with Gasteiger partial charge in [0.25, 0.3) is 5.91 Å². The number of aliphatic hydroxyl groups is 1. The molecule has 2 aromatic rings. The van der Waals surface area contributed by atoms with Gasteiger partial charge in [0.2, 0.25) is 5.91 Å². The molecule has 4 unspecified atom stereocenters. The molecule has 2 aliphatic rings. The molecule has 41 heavy (non-hydrogen) atoms. The first-order valence-corrected chi connectivity index (χ1v) is 13.5. The minimum atomic E-state index is -4.92. The highest BCUT2D eigenvalue weighted by molar-refractivity contribution is 5.99. The number of nitrogens with one attached hydrogen (secondary N) is 2. The number of hydrogen-bond donors (Lipinski definition) is 3. The van der Waals surface area contributed by atoms with E-state index in [1.807, 2.05) is 12.1 Å². The molecule has 3 N–H and O–H groups in total. The molecule has 2 bridgehead atoms. The standard InChI is InChI=1S/C30H34F4N2O5/c1-40-14-4-6-19-20-9-10-21(19)27(36-28(38)22-15-17(5-3-13-37)7-12-25(22)41-2)26(20)29(39)35-18-8-11-24(31)23(16-18)30(32,33)34/h6-8,11-12,15-16,20-21,26-27,37H,3-5,9-10,13-14H2,1-2H3,(H,35,39)(H,36,38)/b19-6-. The summed E-state index contributed by atoms with van der Waals surface area (Å²) >= 11 is 0. The number of anilines is 1. The second kappa shape index (κ2) is 13.0. The van der Waals surface area contributed by atoms with Gasteiger partial charge < -0.3 is 25.2 Å². The summed E-state index contributed by atoms with van der Waals surface area (Å²) in [5.74, 6) is -3.19. The molecule has 0 aromatic heterocycles. The van der Waals surface area contributed by atoms with E-state index in [2.05, 4.69) is 10.6 Å². The number of fused-ring (bicyclic) bond motifs is 2. The van der Waals surface area contributed by atoms with Crippen LogP contribution in [0, 0.1) is 23.6 Å². The summed E-state index contributed by atoms with van der Waals surface area (Å²) in [7, 11) is 3.03. The first-order chi connectivity index (χ1) is 19.6. The van der Waals surface area contributed by atoms with Crippen LogP contribution in [0.1, 0.15) is 47.2 Å². The number of benzene rings is 2. The molecule has 4 rings (SSSR count). The topological polar surface area (TPSA) is 96.9 Å². The Bertz CT molecular complexity index is 1300. The number of methoxy groups -OCH3 is 2. The van der Waals surface area contributed by atoms with E-state index in [1.54, 1.807) is 19.2 Å². The van der Waals surface area contributed by atoms with Crippen molar-refractivity contribution in [2.75, 3.05) is 32.8 Å². The van der Waals surface area contributed by atoms with Crippen LogP contribution in [0.5, 0.6) is 5.75 Å². The van der Waals surface area contributed by atoms with E-state index >= 15 is 0 Å². The van der Waals surface area contributed by atoms with Gasteiger partial charge in [-0.25, -0.2) is 4.39 Å². The molecule has 0 spiro atoms. The van der Waals surface area contributed by atoms with Crippen LogP contribution in [-0.4, -0.2) is 50.4 Å². The second-order valence-electron chi connectivity index (χ2n) is 10.3. The molecule has 4 atom stereocenters. The van der Waals surface area contributed by atoms with E-state index < -0.39 is 41.3 Å². The molecule has 2 amide bonds. The van der Waals surface area contributed by atoms with Gasteiger partial charge in [-0.05, 0) is 73.9 Å². The van der Waals surface area contributed by atoms with Crippen molar-refractivity contribution in [3.05, 3.63) is 70.6 Å². The summed E-state index contributed by atoms with van der Waals surface area (Å²) < 4.78 is 64.2. The van der Waals surface area contributed by atoms with E-state index in [-0.39, 0.29) is 29.7 Å². The SMILES string of the molecule is COCC/C=C1\C2CCC1C(C(=O)Nc1ccc(F)c(C(F)(F)F)c1)C2NC(=O)c1cc(CCCO)ccc1OC. The molecule has 222 valence electrons. The van der Waals surface area contributed by atoms with Crippen molar-refractivity contribution in [1.82, 2.24) is 5.32 Å². The molecule has 11 heteroatoms. The molecule has 0 saturated heterocycles. The van der Waals surface area contributed by atoms with Crippen molar-refractivity contribution >= 4 is 17.5 Å². The minimum absolute atomic E-state index is 0.00615. The Hall–Kier alpha value is -3.44. The summed E-state index contributed by atoms with van der Waals surface area (Å²) in [6, 6.07) is 6.89. The summed E-state index contributed by atoms with van der Waals surface area (Å²) in [6.45, 7) is 0.483. The smallest absolute Gasteiger partial charge is 0.419 e. The second-order valence-corrected chi connectivity index (χ2v) is 10.3. The van der Waals surface area contributed by atoms with Gasteiger partial charge in [-0.1, -0.05) is 17.7 Å². The lowest BCUT2D eigenvalue weighted by Crippen LogP contribution is -2.48. The summed E-state index contributed by atoms with van der Waals surface area (Å²) in [5, 5.41) is 14.7. The van der Waals surface area contributed by atoms with Gasteiger partial charge in [-0.3, -0.25) is 9.59 Å². The molecule has 0 aliphatic heterocycles. The number of rotatable bonds is 11. The molecule has 0 heterocycles. The van der Waals surface area contributed by atoms with E-state index in [1.165, 1.54) is 7.11 Å². The molecule has 7 nitrogen and oxygen atoms in total. The maximum atomic E-state index is 13.8. The molecular weight excluding hydrogens is 544 g/mol. The molecule has 2 aliphatic carbocycles. The number of carbonyl (C=O) groups excluding carboxylic acids is 2. The third-order valence-electron chi connectivity index (χ3n) is 7.87. The Balaban J connectivity index is 1.63. The van der Waals surface area contributed by atoms with Gasteiger partial charge in [0, 0.05) is 38.0 Å². The third-order valence-corrected chi connectivity index (χ3v) is 7.87.